The van der Waals surface area contributed by atoms with Gasteiger partial charge in [-0.05, 0) is 55.5 Å². The number of hydrogen-bond acceptors (Lipinski definition) is 2. The lowest BCUT2D eigenvalue weighted by Gasteiger charge is -2.28. The van der Waals surface area contributed by atoms with Crippen LogP contribution >= 0.6 is 0 Å². The fourth-order valence-corrected chi connectivity index (χ4v) is 2.91. The Morgan fingerprint density at radius 2 is 2.04 bits per heavy atom. The van der Waals surface area contributed by atoms with Gasteiger partial charge in [0.15, 0.2) is 0 Å². The zero-order chi connectivity index (χ0) is 16.9. The van der Waals surface area contributed by atoms with E-state index in [0.29, 0.717) is 23.8 Å². The van der Waals surface area contributed by atoms with Crippen LogP contribution in [0.5, 0.6) is 0 Å². The molecule has 0 radical (unpaired) electrons. The molecule has 128 valence electrons. The lowest BCUT2D eigenvalue weighted by molar-refractivity contribution is -0.137. The molecule has 0 aromatic heterocycles. The van der Waals surface area contributed by atoms with Crippen molar-refractivity contribution in [3.63, 3.8) is 0 Å². The molecule has 2 unspecified atom stereocenters. The van der Waals surface area contributed by atoms with Gasteiger partial charge in [-0.25, -0.2) is 0 Å². The van der Waals surface area contributed by atoms with Crippen LogP contribution in [0.1, 0.15) is 37.3 Å². The highest BCUT2D eigenvalue weighted by atomic mass is 19.4. The van der Waals surface area contributed by atoms with E-state index in [0.717, 1.165) is 38.1 Å². The van der Waals surface area contributed by atoms with Gasteiger partial charge in [-0.15, -0.1) is 0 Å². The molecule has 1 fully saturated rings. The van der Waals surface area contributed by atoms with Gasteiger partial charge < -0.3 is 10.6 Å². The van der Waals surface area contributed by atoms with Gasteiger partial charge in [0.1, 0.15) is 0 Å². The van der Waals surface area contributed by atoms with Crippen LogP contribution in [0, 0.1) is 11.8 Å². The van der Waals surface area contributed by atoms with Gasteiger partial charge >= 0.3 is 6.18 Å². The molecule has 6 heteroatoms. The van der Waals surface area contributed by atoms with Crippen molar-refractivity contribution < 1.29 is 18.0 Å². The molecule has 3 nitrogen and oxygen atoms in total. The number of carbonyl (C=O) groups is 1. The molecular formula is C17H23F3N2O. The number of piperidine rings is 1. The number of hydrogen-bond donors (Lipinski definition) is 2. The van der Waals surface area contributed by atoms with E-state index >= 15 is 0 Å². The third kappa shape index (κ3) is 5.53. The maximum absolute atomic E-state index is 12.5. The summed E-state index contributed by atoms with van der Waals surface area (Å²) in [6.07, 6.45) is -1.60. The van der Waals surface area contributed by atoms with Crippen molar-refractivity contribution in [2.24, 2.45) is 11.8 Å². The van der Waals surface area contributed by atoms with E-state index in [1.807, 2.05) is 0 Å². The minimum Gasteiger partial charge on any atom is -0.352 e. The molecule has 1 aromatic rings. The fourth-order valence-electron chi connectivity index (χ4n) is 2.91. The van der Waals surface area contributed by atoms with E-state index in [2.05, 4.69) is 17.6 Å². The third-order valence-electron chi connectivity index (χ3n) is 4.42. The van der Waals surface area contributed by atoms with Gasteiger partial charge in [0, 0.05) is 13.0 Å². The Morgan fingerprint density at radius 1 is 1.35 bits per heavy atom. The molecule has 1 aliphatic rings. The first-order valence-electron chi connectivity index (χ1n) is 8.00. The summed E-state index contributed by atoms with van der Waals surface area (Å²) < 4.78 is 37.4. The normalized spacial score (nSPS) is 20.1. The van der Waals surface area contributed by atoms with Crippen molar-refractivity contribution in [3.05, 3.63) is 35.4 Å². The van der Waals surface area contributed by atoms with Crippen LogP contribution in [0.25, 0.3) is 0 Å². The summed E-state index contributed by atoms with van der Waals surface area (Å²) >= 11 is 0. The van der Waals surface area contributed by atoms with E-state index in [-0.39, 0.29) is 12.5 Å². The van der Waals surface area contributed by atoms with E-state index in [1.165, 1.54) is 12.1 Å². The van der Waals surface area contributed by atoms with E-state index in [1.54, 1.807) is 0 Å². The lowest BCUT2D eigenvalue weighted by atomic mass is 9.85. The third-order valence-corrected chi connectivity index (χ3v) is 4.42. The molecule has 2 rings (SSSR count). The second-order valence-electron chi connectivity index (χ2n) is 6.26. The van der Waals surface area contributed by atoms with Crippen molar-refractivity contribution >= 4 is 5.91 Å². The Labute approximate surface area is 134 Å². The second-order valence-corrected chi connectivity index (χ2v) is 6.26. The minimum absolute atomic E-state index is 0.0528. The molecule has 1 saturated heterocycles. The molecule has 1 aliphatic heterocycles. The first-order chi connectivity index (χ1) is 10.9. The summed E-state index contributed by atoms with van der Waals surface area (Å²) in [7, 11) is 0. The molecule has 0 spiro atoms. The van der Waals surface area contributed by atoms with Crippen molar-refractivity contribution in [3.8, 4) is 0 Å². The van der Waals surface area contributed by atoms with E-state index in [4.69, 9.17) is 0 Å². The molecule has 0 bridgehead atoms. The molecule has 23 heavy (non-hydrogen) atoms. The largest absolute Gasteiger partial charge is 0.416 e. The Bertz CT molecular complexity index is 508. The van der Waals surface area contributed by atoms with Crippen LogP contribution in [0.4, 0.5) is 13.2 Å². The van der Waals surface area contributed by atoms with Crippen LogP contribution in [0.2, 0.25) is 0 Å². The first-order valence-corrected chi connectivity index (χ1v) is 8.00. The number of nitrogens with one attached hydrogen (secondary N) is 2. The summed E-state index contributed by atoms with van der Waals surface area (Å²) in [5.41, 5.74) is -0.00988. The SMILES string of the molecule is CC(CC(=O)NCc1ccc(C(F)(F)F)cc1)C1CCCNC1. The molecular weight excluding hydrogens is 305 g/mol. The van der Waals surface area contributed by atoms with Gasteiger partial charge in [-0.2, -0.15) is 13.2 Å². The van der Waals surface area contributed by atoms with Crippen LogP contribution in [-0.2, 0) is 17.5 Å². The highest BCUT2D eigenvalue weighted by Crippen LogP contribution is 2.29. The Hall–Kier alpha value is -1.56. The molecule has 2 atom stereocenters. The quantitative estimate of drug-likeness (QED) is 0.870. The molecule has 1 amide bonds. The Morgan fingerprint density at radius 3 is 2.61 bits per heavy atom. The maximum Gasteiger partial charge on any atom is 0.416 e. The van der Waals surface area contributed by atoms with Gasteiger partial charge in [0.2, 0.25) is 5.91 Å². The van der Waals surface area contributed by atoms with Gasteiger partial charge in [-0.3, -0.25) is 4.79 Å². The van der Waals surface area contributed by atoms with Gasteiger partial charge in [0.25, 0.3) is 0 Å². The number of alkyl halides is 3. The molecule has 1 heterocycles. The number of carbonyl (C=O) groups excluding carboxylic acids is 1. The van der Waals surface area contributed by atoms with Crippen molar-refractivity contribution in [1.82, 2.24) is 10.6 Å². The summed E-state index contributed by atoms with van der Waals surface area (Å²) in [5, 5.41) is 6.13. The number of amides is 1. The van der Waals surface area contributed by atoms with Crippen LogP contribution < -0.4 is 10.6 Å². The zero-order valence-electron chi connectivity index (χ0n) is 13.2. The van der Waals surface area contributed by atoms with Crippen LogP contribution in [0.15, 0.2) is 24.3 Å². The predicted molar refractivity (Wildman–Crippen MR) is 82.7 cm³/mol. The Balaban J connectivity index is 1.77. The van der Waals surface area contributed by atoms with Gasteiger partial charge in [0.05, 0.1) is 5.56 Å². The average Bonchev–Trinajstić information content (AvgIpc) is 2.53. The summed E-state index contributed by atoms with van der Waals surface area (Å²) in [5.74, 6) is 0.763. The number of halogens is 3. The number of rotatable bonds is 5. The van der Waals surface area contributed by atoms with Crippen LogP contribution in [-0.4, -0.2) is 19.0 Å². The van der Waals surface area contributed by atoms with Crippen molar-refractivity contribution in [2.45, 2.75) is 38.9 Å². The molecule has 0 aliphatic carbocycles. The summed E-state index contributed by atoms with van der Waals surface area (Å²) in [6.45, 7) is 4.33. The highest BCUT2D eigenvalue weighted by molar-refractivity contribution is 5.76. The highest BCUT2D eigenvalue weighted by Gasteiger charge is 2.29. The minimum atomic E-state index is -4.33. The average molecular weight is 328 g/mol. The van der Waals surface area contributed by atoms with Crippen molar-refractivity contribution in [2.75, 3.05) is 13.1 Å². The second kappa shape index (κ2) is 7.81. The standard InChI is InChI=1S/C17H23F3N2O/c1-12(14-3-2-8-21-11-14)9-16(23)22-10-13-4-6-15(7-5-13)17(18,19)20/h4-7,12,14,21H,2-3,8-11H2,1H3,(H,22,23). The monoisotopic (exact) mass is 328 g/mol. The summed E-state index contributed by atoms with van der Waals surface area (Å²) in [6, 6.07) is 4.88. The Kier molecular flexibility index (Phi) is 6.04. The first kappa shape index (κ1) is 17.8. The zero-order valence-corrected chi connectivity index (χ0v) is 13.2. The number of benzene rings is 1. The molecule has 1 aromatic carbocycles. The molecule has 0 saturated carbocycles. The maximum atomic E-state index is 12.5. The fraction of sp³-hybridized carbons (Fsp3) is 0.588. The van der Waals surface area contributed by atoms with E-state index in [9.17, 15) is 18.0 Å². The lowest BCUT2D eigenvalue weighted by Crippen LogP contribution is -2.35. The smallest absolute Gasteiger partial charge is 0.352 e. The van der Waals surface area contributed by atoms with E-state index < -0.39 is 11.7 Å². The topological polar surface area (TPSA) is 41.1 Å². The van der Waals surface area contributed by atoms with Crippen LogP contribution in [0.3, 0.4) is 0 Å². The summed E-state index contributed by atoms with van der Waals surface area (Å²) in [4.78, 5) is 12.0. The van der Waals surface area contributed by atoms with Crippen molar-refractivity contribution in [1.29, 1.82) is 0 Å². The predicted octanol–water partition coefficient (Wildman–Crippen LogP) is 3.35. The molecule has 2 N–H and O–H groups in total. The van der Waals surface area contributed by atoms with Gasteiger partial charge in [-0.1, -0.05) is 19.1 Å².